The molecule has 0 radical (unpaired) electrons. The lowest BCUT2D eigenvalue weighted by Gasteiger charge is -2.14. The zero-order chi connectivity index (χ0) is 19.9. The molecule has 0 bridgehead atoms. The number of hydrogen-bond acceptors (Lipinski definition) is 6. The quantitative estimate of drug-likeness (QED) is 0.672. The van der Waals surface area contributed by atoms with Crippen LogP contribution in [0.15, 0.2) is 54.9 Å². The third-order valence-corrected chi connectivity index (χ3v) is 6.66. The lowest BCUT2D eigenvalue weighted by Crippen LogP contribution is -2.28. The van der Waals surface area contributed by atoms with Gasteiger partial charge in [-0.2, -0.15) is 4.31 Å². The van der Waals surface area contributed by atoms with Crippen molar-refractivity contribution in [3.8, 4) is 0 Å². The van der Waals surface area contributed by atoms with Crippen LogP contribution in [0.1, 0.15) is 29.2 Å². The molecule has 1 N–H and O–H groups in total. The van der Waals surface area contributed by atoms with Gasteiger partial charge in [0.05, 0.1) is 0 Å². The molecule has 0 spiro atoms. The van der Waals surface area contributed by atoms with Crippen molar-refractivity contribution in [3.05, 3.63) is 58.3 Å². The molecule has 1 aliphatic rings. The third kappa shape index (κ3) is 3.34. The van der Waals surface area contributed by atoms with Gasteiger partial charge < -0.3 is 14.2 Å². The summed E-state index contributed by atoms with van der Waals surface area (Å²) in [6, 6.07) is 8.95. The van der Waals surface area contributed by atoms with Crippen LogP contribution in [0.5, 0.6) is 0 Å². The van der Waals surface area contributed by atoms with Gasteiger partial charge in [-0.15, -0.1) is 0 Å². The van der Waals surface area contributed by atoms with Crippen LogP contribution in [0.3, 0.4) is 0 Å². The first-order valence-electron chi connectivity index (χ1n) is 8.80. The Labute approximate surface area is 160 Å². The highest BCUT2D eigenvalue weighted by molar-refractivity contribution is 7.89. The van der Waals surface area contributed by atoms with E-state index in [2.05, 4.69) is 5.32 Å². The molecule has 0 atom stereocenters. The van der Waals surface area contributed by atoms with Gasteiger partial charge in [0.15, 0.2) is 5.76 Å². The number of carbonyl (C=O) groups is 1. The van der Waals surface area contributed by atoms with Gasteiger partial charge in [0.1, 0.15) is 16.2 Å². The molecule has 146 valence electrons. The number of nitrogens with one attached hydrogen (secondary N) is 1. The number of anilines is 1. The van der Waals surface area contributed by atoms with Crippen molar-refractivity contribution in [1.82, 2.24) is 4.31 Å². The van der Waals surface area contributed by atoms with E-state index in [1.165, 1.54) is 23.4 Å². The Hall–Kier alpha value is -2.91. The number of benzene rings is 1. The summed E-state index contributed by atoms with van der Waals surface area (Å²) in [5.74, 6) is -0.477. The first-order chi connectivity index (χ1) is 13.3. The summed E-state index contributed by atoms with van der Waals surface area (Å²) in [4.78, 5) is 23.8. The maximum Gasteiger partial charge on any atom is 0.336 e. The van der Waals surface area contributed by atoms with Crippen LogP contribution in [-0.4, -0.2) is 31.7 Å². The molecule has 0 unspecified atom stereocenters. The first-order valence-corrected chi connectivity index (χ1v) is 10.2. The Balaban J connectivity index is 1.59. The van der Waals surface area contributed by atoms with E-state index >= 15 is 0 Å². The van der Waals surface area contributed by atoms with Gasteiger partial charge in [0.25, 0.3) is 5.91 Å². The summed E-state index contributed by atoms with van der Waals surface area (Å²) in [5.41, 5.74) is 0.407. The molecule has 0 aliphatic carbocycles. The lowest BCUT2D eigenvalue weighted by molar-refractivity contribution is 0.0995. The van der Waals surface area contributed by atoms with Gasteiger partial charge >= 0.3 is 5.63 Å². The maximum atomic E-state index is 12.7. The largest absolute Gasteiger partial charge is 0.455 e. The van der Waals surface area contributed by atoms with Crippen molar-refractivity contribution < 1.29 is 22.0 Å². The summed E-state index contributed by atoms with van der Waals surface area (Å²) in [7, 11) is -3.67. The Morgan fingerprint density at radius 1 is 1.07 bits per heavy atom. The Morgan fingerprint density at radius 2 is 1.82 bits per heavy atom. The average Bonchev–Trinajstić information content (AvgIpc) is 3.32. The smallest absolute Gasteiger partial charge is 0.336 e. The topological polar surface area (TPSA) is 110 Å². The molecular formula is C19H18N2O6S. The van der Waals surface area contributed by atoms with Gasteiger partial charge in [0, 0.05) is 36.3 Å². The van der Waals surface area contributed by atoms with Gasteiger partial charge in [-0.05, 0) is 44.0 Å². The van der Waals surface area contributed by atoms with Crippen molar-refractivity contribution in [2.45, 2.75) is 24.7 Å². The normalized spacial score (nSPS) is 15.2. The van der Waals surface area contributed by atoms with Crippen LogP contribution in [-0.2, 0) is 10.0 Å². The Kier molecular flexibility index (Phi) is 4.56. The second-order valence-electron chi connectivity index (χ2n) is 6.60. The number of fused-ring (bicyclic) bond motifs is 1. The predicted molar refractivity (Wildman–Crippen MR) is 102 cm³/mol. The Bertz CT molecular complexity index is 1220. The summed E-state index contributed by atoms with van der Waals surface area (Å²) in [5, 5.41) is 3.31. The van der Waals surface area contributed by atoms with Crippen LogP contribution in [0, 0.1) is 6.92 Å². The van der Waals surface area contributed by atoms with Crippen LogP contribution in [0.4, 0.5) is 5.69 Å². The third-order valence-electron chi connectivity index (χ3n) is 4.66. The van der Waals surface area contributed by atoms with E-state index < -0.39 is 21.6 Å². The molecule has 1 saturated heterocycles. The highest BCUT2D eigenvalue weighted by Gasteiger charge is 2.31. The fourth-order valence-electron chi connectivity index (χ4n) is 3.24. The zero-order valence-corrected chi connectivity index (χ0v) is 15.9. The van der Waals surface area contributed by atoms with E-state index in [1.54, 1.807) is 24.3 Å². The van der Waals surface area contributed by atoms with Gasteiger partial charge in [-0.1, -0.05) is 0 Å². The highest BCUT2D eigenvalue weighted by Crippen LogP contribution is 2.27. The average molecular weight is 402 g/mol. The molecule has 4 rings (SSSR count). The number of rotatable bonds is 4. The summed E-state index contributed by atoms with van der Waals surface area (Å²) < 4.78 is 37.3. The molecule has 3 aromatic rings. The molecule has 1 aromatic carbocycles. The van der Waals surface area contributed by atoms with Crippen LogP contribution >= 0.6 is 0 Å². The Morgan fingerprint density at radius 3 is 2.57 bits per heavy atom. The minimum absolute atomic E-state index is 0.0137. The molecular weight excluding hydrogens is 384 g/mol. The molecule has 1 fully saturated rings. The standard InChI is InChI=1S/C19H18N2O6S/c1-12-17(28(24,25)21-8-2-3-9-21)11-16(26-12)19(23)20-14-5-6-15-13(10-14)4-7-18(22)27-15/h4-7,10-11H,2-3,8-9H2,1H3,(H,20,23). The second kappa shape index (κ2) is 6.92. The number of amides is 1. The highest BCUT2D eigenvalue weighted by atomic mass is 32.2. The van der Waals surface area contributed by atoms with Crippen molar-refractivity contribution in [3.63, 3.8) is 0 Å². The monoisotopic (exact) mass is 402 g/mol. The van der Waals surface area contributed by atoms with Crippen molar-refractivity contribution in [2.75, 3.05) is 18.4 Å². The summed E-state index contributed by atoms with van der Waals surface area (Å²) in [6.45, 7) is 2.47. The molecule has 28 heavy (non-hydrogen) atoms. The fraction of sp³-hybridized carbons (Fsp3) is 0.263. The number of hydrogen-bond donors (Lipinski definition) is 1. The van der Waals surface area contributed by atoms with E-state index in [-0.39, 0.29) is 16.4 Å². The first kappa shape index (κ1) is 18.5. The molecule has 9 heteroatoms. The predicted octanol–water partition coefficient (Wildman–Crippen LogP) is 2.73. The number of sulfonamides is 1. The van der Waals surface area contributed by atoms with Gasteiger partial charge in [-0.25, -0.2) is 13.2 Å². The molecule has 3 heterocycles. The summed E-state index contributed by atoms with van der Waals surface area (Å²) in [6.07, 6.45) is 1.65. The summed E-state index contributed by atoms with van der Waals surface area (Å²) >= 11 is 0. The molecule has 0 saturated carbocycles. The van der Waals surface area contributed by atoms with Gasteiger partial charge in [0.2, 0.25) is 10.0 Å². The zero-order valence-electron chi connectivity index (χ0n) is 15.1. The SMILES string of the molecule is Cc1oc(C(=O)Nc2ccc3oc(=O)ccc3c2)cc1S(=O)(=O)N1CCCC1. The fourth-order valence-corrected chi connectivity index (χ4v) is 4.92. The van der Waals surface area contributed by atoms with Crippen LogP contribution in [0.25, 0.3) is 11.0 Å². The van der Waals surface area contributed by atoms with Gasteiger partial charge in [-0.3, -0.25) is 4.79 Å². The van der Waals surface area contributed by atoms with E-state index in [1.807, 2.05) is 0 Å². The molecule has 1 aliphatic heterocycles. The van der Waals surface area contributed by atoms with Crippen molar-refractivity contribution in [2.24, 2.45) is 0 Å². The van der Waals surface area contributed by atoms with E-state index in [0.717, 1.165) is 12.8 Å². The minimum Gasteiger partial charge on any atom is -0.455 e. The van der Waals surface area contributed by atoms with Crippen LogP contribution in [0.2, 0.25) is 0 Å². The van der Waals surface area contributed by atoms with Crippen molar-refractivity contribution >= 4 is 32.6 Å². The lowest BCUT2D eigenvalue weighted by atomic mass is 10.2. The number of carbonyl (C=O) groups excluding carboxylic acids is 1. The second-order valence-corrected chi connectivity index (χ2v) is 8.51. The van der Waals surface area contributed by atoms with Crippen LogP contribution < -0.4 is 10.9 Å². The van der Waals surface area contributed by atoms with E-state index in [9.17, 15) is 18.0 Å². The molecule has 8 nitrogen and oxygen atoms in total. The maximum absolute atomic E-state index is 12.7. The van der Waals surface area contributed by atoms with E-state index in [4.69, 9.17) is 8.83 Å². The van der Waals surface area contributed by atoms with E-state index in [0.29, 0.717) is 29.7 Å². The number of nitrogens with zero attached hydrogens (tertiary/aromatic N) is 1. The van der Waals surface area contributed by atoms with Crippen molar-refractivity contribution in [1.29, 1.82) is 0 Å². The number of aryl methyl sites for hydroxylation is 1. The minimum atomic E-state index is -3.67. The molecule has 1 amide bonds. The molecule has 2 aromatic heterocycles. The number of furan rings is 1.